The predicted octanol–water partition coefficient (Wildman–Crippen LogP) is 1.29. The van der Waals surface area contributed by atoms with E-state index in [9.17, 15) is 0 Å². The van der Waals surface area contributed by atoms with Crippen LogP contribution >= 0.6 is 0 Å². The Balaban J connectivity index is 3.00. The molecule has 0 aromatic carbocycles. The highest BCUT2D eigenvalue weighted by molar-refractivity contribution is 5.79. The molecule has 4 N–H and O–H groups in total. The number of oxime groups is 1. The van der Waals surface area contributed by atoms with Crippen LogP contribution in [0.15, 0.2) is 5.16 Å². The Morgan fingerprint density at radius 1 is 1.31 bits per heavy atom. The summed E-state index contributed by atoms with van der Waals surface area (Å²) in [6.07, 6.45) is 5.37. The van der Waals surface area contributed by atoms with Gasteiger partial charge >= 0.3 is 0 Å². The molecular weight excluding hydrogens is 166 g/mol. The summed E-state index contributed by atoms with van der Waals surface area (Å²) in [5, 5.41) is 14.5. The molecule has 0 aliphatic carbocycles. The van der Waals surface area contributed by atoms with E-state index < -0.39 is 0 Å². The fraction of sp³-hybridized carbons (Fsp3) is 0.889. The largest absolute Gasteiger partial charge is 0.409 e. The van der Waals surface area contributed by atoms with Gasteiger partial charge < -0.3 is 16.3 Å². The van der Waals surface area contributed by atoms with Gasteiger partial charge in [-0.1, -0.05) is 24.9 Å². The molecule has 13 heavy (non-hydrogen) atoms. The Morgan fingerprint density at radius 2 is 2.00 bits per heavy atom. The average molecular weight is 187 g/mol. The maximum atomic E-state index is 8.25. The maximum Gasteiger partial charge on any atom is 0.139 e. The van der Waals surface area contributed by atoms with E-state index in [0.717, 1.165) is 19.5 Å². The van der Waals surface area contributed by atoms with Gasteiger partial charge in [0.05, 0.1) is 0 Å². The fourth-order valence-electron chi connectivity index (χ4n) is 1.07. The quantitative estimate of drug-likeness (QED) is 0.176. The lowest BCUT2D eigenvalue weighted by Crippen LogP contribution is -2.19. The molecule has 0 rings (SSSR count). The molecule has 78 valence electrons. The van der Waals surface area contributed by atoms with E-state index in [4.69, 9.17) is 10.9 Å². The minimum Gasteiger partial charge on any atom is -0.409 e. The van der Waals surface area contributed by atoms with Crippen molar-refractivity contribution in [2.24, 2.45) is 10.9 Å². The van der Waals surface area contributed by atoms with Crippen molar-refractivity contribution in [3.63, 3.8) is 0 Å². The Kier molecular flexibility index (Phi) is 8.77. The molecule has 0 bridgehead atoms. The molecular formula is C9H21N3O. The van der Waals surface area contributed by atoms with Gasteiger partial charge in [0.15, 0.2) is 0 Å². The van der Waals surface area contributed by atoms with Gasteiger partial charge in [0.25, 0.3) is 0 Å². The molecule has 0 aromatic rings. The first-order valence-electron chi connectivity index (χ1n) is 4.98. The number of nitrogens with one attached hydrogen (secondary N) is 1. The van der Waals surface area contributed by atoms with E-state index in [1.807, 2.05) is 0 Å². The minimum absolute atomic E-state index is 0.315. The first kappa shape index (κ1) is 12.2. The molecule has 0 unspecified atom stereocenters. The Hall–Kier alpha value is -0.770. The number of hydrogen-bond acceptors (Lipinski definition) is 3. The Bertz CT molecular complexity index is 137. The monoisotopic (exact) mass is 187 g/mol. The number of hydrogen-bond donors (Lipinski definition) is 3. The molecule has 0 heterocycles. The van der Waals surface area contributed by atoms with Crippen LogP contribution in [0.2, 0.25) is 0 Å². The first-order chi connectivity index (χ1) is 6.31. The highest BCUT2D eigenvalue weighted by Gasteiger charge is 1.92. The molecule has 0 fully saturated rings. The van der Waals surface area contributed by atoms with Crippen molar-refractivity contribution in [3.8, 4) is 0 Å². The zero-order chi connectivity index (χ0) is 9.94. The zero-order valence-electron chi connectivity index (χ0n) is 8.42. The summed E-state index contributed by atoms with van der Waals surface area (Å²) in [5.74, 6) is 0.315. The topological polar surface area (TPSA) is 70.6 Å². The number of unbranched alkanes of at least 4 members (excludes halogenated alkanes) is 2. The molecule has 0 amide bonds. The van der Waals surface area contributed by atoms with Crippen molar-refractivity contribution < 1.29 is 5.21 Å². The second-order valence-corrected chi connectivity index (χ2v) is 3.15. The molecule has 0 aliphatic rings. The molecule has 0 aliphatic heterocycles. The number of nitrogens with two attached hydrogens (primary N) is 1. The van der Waals surface area contributed by atoms with E-state index in [1.165, 1.54) is 19.3 Å². The van der Waals surface area contributed by atoms with Crippen molar-refractivity contribution in [2.45, 2.75) is 39.0 Å². The SMILES string of the molecule is CCCCCNCCCC(N)=NO. The van der Waals surface area contributed by atoms with Gasteiger partial charge in [-0.15, -0.1) is 0 Å². The molecule has 4 heteroatoms. The number of nitrogens with zero attached hydrogens (tertiary/aromatic N) is 1. The van der Waals surface area contributed by atoms with E-state index in [0.29, 0.717) is 12.3 Å². The van der Waals surface area contributed by atoms with Gasteiger partial charge in [-0.2, -0.15) is 0 Å². The lowest BCUT2D eigenvalue weighted by molar-refractivity contribution is 0.316. The molecule has 0 saturated carbocycles. The molecule has 0 aromatic heterocycles. The van der Waals surface area contributed by atoms with Crippen LogP contribution in [0.1, 0.15) is 39.0 Å². The molecule has 4 nitrogen and oxygen atoms in total. The third-order valence-corrected chi connectivity index (χ3v) is 1.87. The lowest BCUT2D eigenvalue weighted by atomic mass is 10.2. The maximum absolute atomic E-state index is 8.25. The van der Waals surface area contributed by atoms with Crippen molar-refractivity contribution in [2.75, 3.05) is 13.1 Å². The fourth-order valence-corrected chi connectivity index (χ4v) is 1.07. The smallest absolute Gasteiger partial charge is 0.139 e. The molecule has 0 spiro atoms. The van der Waals surface area contributed by atoms with Crippen LogP contribution < -0.4 is 11.1 Å². The molecule has 0 radical (unpaired) electrons. The standard InChI is InChI=1S/C9H21N3O/c1-2-3-4-7-11-8-5-6-9(10)12-13/h11,13H,2-8H2,1H3,(H2,10,12). The Labute approximate surface area is 80.2 Å². The minimum atomic E-state index is 0.315. The van der Waals surface area contributed by atoms with E-state index in [1.54, 1.807) is 0 Å². The van der Waals surface area contributed by atoms with E-state index in [2.05, 4.69) is 17.4 Å². The van der Waals surface area contributed by atoms with Gasteiger partial charge in [-0.05, 0) is 25.9 Å². The lowest BCUT2D eigenvalue weighted by Gasteiger charge is -2.02. The summed E-state index contributed by atoms with van der Waals surface area (Å²) in [5.41, 5.74) is 5.31. The van der Waals surface area contributed by atoms with Gasteiger partial charge in [-0.3, -0.25) is 0 Å². The van der Waals surface area contributed by atoms with Crippen LogP contribution in [0.5, 0.6) is 0 Å². The second-order valence-electron chi connectivity index (χ2n) is 3.15. The predicted molar refractivity (Wildman–Crippen MR) is 55.0 cm³/mol. The highest BCUT2D eigenvalue weighted by Crippen LogP contribution is 1.92. The molecule has 0 atom stereocenters. The summed E-state index contributed by atoms with van der Waals surface area (Å²) in [4.78, 5) is 0. The first-order valence-corrected chi connectivity index (χ1v) is 4.98. The third kappa shape index (κ3) is 9.14. The summed E-state index contributed by atoms with van der Waals surface area (Å²) in [7, 11) is 0. The van der Waals surface area contributed by atoms with Crippen LogP contribution in [-0.2, 0) is 0 Å². The van der Waals surface area contributed by atoms with Gasteiger partial charge in [0.2, 0.25) is 0 Å². The summed E-state index contributed by atoms with van der Waals surface area (Å²) >= 11 is 0. The zero-order valence-corrected chi connectivity index (χ0v) is 8.42. The summed E-state index contributed by atoms with van der Waals surface area (Å²) in [6.45, 7) is 4.21. The third-order valence-electron chi connectivity index (χ3n) is 1.87. The van der Waals surface area contributed by atoms with Crippen LogP contribution in [0.25, 0.3) is 0 Å². The summed E-state index contributed by atoms with van der Waals surface area (Å²) in [6, 6.07) is 0. The van der Waals surface area contributed by atoms with E-state index >= 15 is 0 Å². The van der Waals surface area contributed by atoms with Crippen LogP contribution in [0, 0.1) is 0 Å². The van der Waals surface area contributed by atoms with Gasteiger partial charge in [-0.25, -0.2) is 0 Å². The Morgan fingerprint density at radius 3 is 2.62 bits per heavy atom. The summed E-state index contributed by atoms with van der Waals surface area (Å²) < 4.78 is 0. The highest BCUT2D eigenvalue weighted by atomic mass is 16.4. The second kappa shape index (κ2) is 9.32. The van der Waals surface area contributed by atoms with Crippen molar-refractivity contribution in [3.05, 3.63) is 0 Å². The van der Waals surface area contributed by atoms with Gasteiger partial charge in [0, 0.05) is 6.42 Å². The normalized spacial score (nSPS) is 11.9. The van der Waals surface area contributed by atoms with Crippen molar-refractivity contribution in [1.82, 2.24) is 5.32 Å². The van der Waals surface area contributed by atoms with Gasteiger partial charge in [0.1, 0.15) is 5.84 Å². The van der Waals surface area contributed by atoms with Crippen molar-refractivity contribution >= 4 is 5.84 Å². The molecule has 0 saturated heterocycles. The number of amidine groups is 1. The van der Waals surface area contributed by atoms with Crippen LogP contribution in [0.4, 0.5) is 0 Å². The number of rotatable bonds is 8. The van der Waals surface area contributed by atoms with Crippen LogP contribution in [0.3, 0.4) is 0 Å². The average Bonchev–Trinajstić information content (AvgIpc) is 2.16. The van der Waals surface area contributed by atoms with E-state index in [-0.39, 0.29) is 0 Å². The van der Waals surface area contributed by atoms with Crippen LogP contribution in [-0.4, -0.2) is 24.1 Å². The van der Waals surface area contributed by atoms with Crippen molar-refractivity contribution in [1.29, 1.82) is 0 Å².